The molecular formula is C15H24ClN3O. The zero-order valence-electron chi connectivity index (χ0n) is 12.6. The highest BCUT2D eigenvalue weighted by Crippen LogP contribution is 2.36. The van der Waals surface area contributed by atoms with Crippen LogP contribution in [0.2, 0.25) is 5.02 Å². The van der Waals surface area contributed by atoms with E-state index in [1.165, 1.54) is 0 Å². The Bertz CT molecular complexity index is 475. The first-order chi connectivity index (χ1) is 9.48. The lowest BCUT2D eigenvalue weighted by Crippen LogP contribution is -2.43. The van der Waals surface area contributed by atoms with Crippen molar-refractivity contribution in [3.8, 4) is 0 Å². The number of carbonyl (C=O) groups excluding carboxylic acids is 1. The van der Waals surface area contributed by atoms with Crippen molar-refractivity contribution in [1.29, 1.82) is 0 Å². The van der Waals surface area contributed by atoms with E-state index in [0.29, 0.717) is 16.6 Å². The van der Waals surface area contributed by atoms with Crippen molar-refractivity contribution in [2.75, 3.05) is 13.1 Å². The third kappa shape index (κ3) is 2.91. The molecule has 0 aliphatic carbocycles. The van der Waals surface area contributed by atoms with Crippen LogP contribution in [0.15, 0.2) is 6.20 Å². The Hall–Kier alpha value is -0.870. The Morgan fingerprint density at radius 1 is 1.60 bits per heavy atom. The van der Waals surface area contributed by atoms with Gasteiger partial charge in [-0.2, -0.15) is 5.10 Å². The van der Waals surface area contributed by atoms with E-state index in [2.05, 4.69) is 17.3 Å². The monoisotopic (exact) mass is 297 g/mol. The van der Waals surface area contributed by atoms with Crippen LogP contribution in [0.4, 0.5) is 0 Å². The van der Waals surface area contributed by atoms with Crippen LogP contribution in [0, 0.1) is 11.3 Å². The summed E-state index contributed by atoms with van der Waals surface area (Å²) in [7, 11) is 0. The van der Waals surface area contributed by atoms with Crippen molar-refractivity contribution in [1.82, 2.24) is 15.1 Å². The molecule has 2 heterocycles. The van der Waals surface area contributed by atoms with Gasteiger partial charge in [-0.1, -0.05) is 32.4 Å². The van der Waals surface area contributed by atoms with E-state index >= 15 is 0 Å². The summed E-state index contributed by atoms with van der Waals surface area (Å²) >= 11 is 6.20. The predicted octanol–water partition coefficient (Wildman–Crippen LogP) is 3.16. The number of Topliss-reactive ketones (excluding diaryl/α,β-unsaturated/α-hetero) is 1. The van der Waals surface area contributed by atoms with E-state index < -0.39 is 5.41 Å². The Kier molecular flexibility index (Phi) is 4.86. The number of ketones is 1. The fourth-order valence-corrected chi connectivity index (χ4v) is 3.15. The number of rotatable bonds is 5. The van der Waals surface area contributed by atoms with Crippen LogP contribution in [-0.4, -0.2) is 28.7 Å². The number of aryl methyl sites for hydroxylation is 1. The summed E-state index contributed by atoms with van der Waals surface area (Å²) < 4.78 is 1.75. The van der Waals surface area contributed by atoms with Gasteiger partial charge < -0.3 is 5.32 Å². The van der Waals surface area contributed by atoms with Crippen LogP contribution in [0.5, 0.6) is 0 Å². The molecule has 0 saturated carbocycles. The minimum Gasteiger partial charge on any atom is -0.316 e. The first kappa shape index (κ1) is 15.5. The molecule has 0 aromatic carbocycles. The van der Waals surface area contributed by atoms with Crippen molar-refractivity contribution in [2.45, 2.75) is 46.6 Å². The molecule has 1 atom stereocenters. The highest BCUT2D eigenvalue weighted by atomic mass is 35.5. The summed E-state index contributed by atoms with van der Waals surface area (Å²) in [4.78, 5) is 13.0. The van der Waals surface area contributed by atoms with Crippen LogP contribution in [0.25, 0.3) is 0 Å². The van der Waals surface area contributed by atoms with E-state index in [4.69, 9.17) is 11.6 Å². The normalized spacial score (nSPS) is 20.1. The average Bonchev–Trinajstić information content (AvgIpc) is 2.80. The van der Waals surface area contributed by atoms with Gasteiger partial charge >= 0.3 is 0 Å². The molecule has 0 amide bonds. The minimum absolute atomic E-state index is 0.113. The lowest BCUT2D eigenvalue weighted by molar-refractivity contribution is 0.0696. The topological polar surface area (TPSA) is 46.9 Å². The van der Waals surface area contributed by atoms with E-state index in [-0.39, 0.29) is 5.78 Å². The molecule has 112 valence electrons. The van der Waals surface area contributed by atoms with Crippen molar-refractivity contribution < 1.29 is 4.79 Å². The van der Waals surface area contributed by atoms with Crippen molar-refractivity contribution >= 4 is 17.4 Å². The van der Waals surface area contributed by atoms with E-state index in [0.717, 1.165) is 38.9 Å². The standard InChI is InChI=1S/C15H24ClN3O/c1-4-8-19-13(12(16)10-18-19)14(20)15(2,3)11-6-5-7-17-9-11/h10-11,17H,4-9H2,1-3H3. The maximum absolute atomic E-state index is 13.0. The summed E-state index contributed by atoms with van der Waals surface area (Å²) in [6, 6.07) is 0. The molecule has 1 saturated heterocycles. The highest BCUT2D eigenvalue weighted by Gasteiger charge is 2.40. The third-order valence-corrected chi connectivity index (χ3v) is 4.62. The minimum atomic E-state index is -0.414. The number of carbonyl (C=O) groups is 1. The average molecular weight is 298 g/mol. The predicted molar refractivity (Wildman–Crippen MR) is 81.2 cm³/mol. The Balaban J connectivity index is 2.27. The molecule has 0 bridgehead atoms. The highest BCUT2D eigenvalue weighted by molar-refractivity contribution is 6.33. The Labute approximate surface area is 125 Å². The van der Waals surface area contributed by atoms with Gasteiger partial charge in [0, 0.05) is 12.0 Å². The molecule has 5 heteroatoms. The van der Waals surface area contributed by atoms with Crippen LogP contribution >= 0.6 is 11.6 Å². The van der Waals surface area contributed by atoms with E-state index in [1.54, 1.807) is 10.9 Å². The van der Waals surface area contributed by atoms with E-state index in [1.807, 2.05) is 13.8 Å². The summed E-state index contributed by atoms with van der Waals surface area (Å²) in [6.45, 7) is 8.82. The molecule has 0 radical (unpaired) electrons. The molecule has 2 rings (SSSR count). The Morgan fingerprint density at radius 2 is 2.35 bits per heavy atom. The lowest BCUT2D eigenvalue weighted by Gasteiger charge is -2.36. The second-order valence-corrected chi connectivity index (χ2v) is 6.57. The molecule has 1 aliphatic heterocycles. The summed E-state index contributed by atoms with van der Waals surface area (Å²) in [6.07, 6.45) is 4.73. The molecule has 20 heavy (non-hydrogen) atoms. The number of nitrogens with zero attached hydrogens (tertiary/aromatic N) is 2. The molecular weight excluding hydrogens is 274 g/mol. The van der Waals surface area contributed by atoms with Crippen molar-refractivity contribution in [3.63, 3.8) is 0 Å². The van der Waals surface area contributed by atoms with Crippen LogP contribution < -0.4 is 5.32 Å². The second-order valence-electron chi connectivity index (χ2n) is 6.16. The quantitative estimate of drug-likeness (QED) is 0.849. The van der Waals surface area contributed by atoms with Crippen molar-refractivity contribution in [3.05, 3.63) is 16.9 Å². The third-order valence-electron chi connectivity index (χ3n) is 4.35. The largest absolute Gasteiger partial charge is 0.316 e. The zero-order valence-corrected chi connectivity index (χ0v) is 13.3. The van der Waals surface area contributed by atoms with Crippen LogP contribution in [0.1, 0.15) is 50.5 Å². The van der Waals surface area contributed by atoms with Gasteiger partial charge in [0.15, 0.2) is 5.78 Å². The molecule has 1 aliphatic rings. The van der Waals surface area contributed by atoms with Crippen LogP contribution in [-0.2, 0) is 6.54 Å². The zero-order chi connectivity index (χ0) is 14.8. The molecule has 1 fully saturated rings. The van der Waals surface area contributed by atoms with Gasteiger partial charge in [0.1, 0.15) is 5.69 Å². The second kappa shape index (κ2) is 6.27. The van der Waals surface area contributed by atoms with Gasteiger partial charge in [0.25, 0.3) is 0 Å². The molecule has 1 aromatic heterocycles. The number of nitrogens with one attached hydrogen (secondary N) is 1. The number of hydrogen-bond acceptors (Lipinski definition) is 3. The summed E-state index contributed by atoms with van der Waals surface area (Å²) in [5.74, 6) is 0.465. The molecule has 1 aromatic rings. The van der Waals surface area contributed by atoms with E-state index in [9.17, 15) is 4.79 Å². The SMILES string of the molecule is CCCn1ncc(Cl)c1C(=O)C(C)(C)C1CCCNC1. The summed E-state index contributed by atoms with van der Waals surface area (Å²) in [5.41, 5.74) is 0.159. The fraction of sp³-hybridized carbons (Fsp3) is 0.733. The lowest BCUT2D eigenvalue weighted by atomic mass is 9.71. The van der Waals surface area contributed by atoms with Gasteiger partial charge in [0.2, 0.25) is 0 Å². The number of aromatic nitrogens is 2. The smallest absolute Gasteiger partial charge is 0.188 e. The van der Waals surface area contributed by atoms with Gasteiger partial charge in [-0.3, -0.25) is 9.48 Å². The van der Waals surface area contributed by atoms with Gasteiger partial charge in [-0.05, 0) is 38.3 Å². The molecule has 1 unspecified atom stereocenters. The number of halogens is 1. The Morgan fingerprint density at radius 3 is 2.95 bits per heavy atom. The fourth-order valence-electron chi connectivity index (χ4n) is 2.93. The maximum atomic E-state index is 13.0. The molecule has 4 nitrogen and oxygen atoms in total. The first-order valence-electron chi connectivity index (χ1n) is 7.45. The van der Waals surface area contributed by atoms with Crippen LogP contribution in [0.3, 0.4) is 0 Å². The number of piperidine rings is 1. The number of hydrogen-bond donors (Lipinski definition) is 1. The molecule has 0 spiro atoms. The van der Waals surface area contributed by atoms with Gasteiger partial charge in [-0.25, -0.2) is 0 Å². The maximum Gasteiger partial charge on any atom is 0.188 e. The van der Waals surface area contributed by atoms with Gasteiger partial charge in [-0.15, -0.1) is 0 Å². The van der Waals surface area contributed by atoms with Gasteiger partial charge in [0.05, 0.1) is 11.2 Å². The summed E-state index contributed by atoms with van der Waals surface area (Å²) in [5, 5.41) is 8.09. The first-order valence-corrected chi connectivity index (χ1v) is 7.83. The van der Waals surface area contributed by atoms with Crippen molar-refractivity contribution in [2.24, 2.45) is 11.3 Å². The molecule has 1 N–H and O–H groups in total.